The summed E-state index contributed by atoms with van der Waals surface area (Å²) in [7, 11) is 0. The van der Waals surface area contributed by atoms with Crippen molar-refractivity contribution in [3.05, 3.63) is 0 Å². The zero-order valence-electron chi connectivity index (χ0n) is 9.58. The number of nitrogens with two attached hydrogens (primary N) is 1. The molecule has 0 aromatic heterocycles. The molecule has 2 unspecified atom stereocenters. The van der Waals surface area contributed by atoms with E-state index in [-0.39, 0.29) is 12.1 Å². The van der Waals surface area contributed by atoms with Crippen LogP contribution in [0.15, 0.2) is 0 Å². The van der Waals surface area contributed by atoms with Crippen molar-refractivity contribution in [1.82, 2.24) is 0 Å². The smallest absolute Gasteiger partial charge is 0.306 e. The predicted octanol–water partition coefficient (Wildman–Crippen LogP) is 2.09. The Morgan fingerprint density at radius 1 is 1.36 bits per heavy atom. The van der Waals surface area contributed by atoms with Crippen LogP contribution in [0.1, 0.15) is 46.5 Å². The van der Waals surface area contributed by atoms with Gasteiger partial charge in [-0.2, -0.15) is 0 Å². The Bertz CT molecular complexity index is 159. The molecule has 0 rings (SSSR count). The Labute approximate surface area is 87.0 Å². The van der Waals surface area contributed by atoms with Crippen LogP contribution in [0.4, 0.5) is 0 Å². The lowest BCUT2D eigenvalue weighted by Crippen LogP contribution is -2.15. The van der Waals surface area contributed by atoms with Crippen LogP contribution in [0.5, 0.6) is 0 Å². The molecule has 0 saturated carbocycles. The molecule has 84 valence electrons. The molecule has 2 N–H and O–H groups in total. The highest BCUT2D eigenvalue weighted by atomic mass is 16.5. The van der Waals surface area contributed by atoms with Crippen molar-refractivity contribution >= 4 is 5.97 Å². The first kappa shape index (κ1) is 13.4. The van der Waals surface area contributed by atoms with E-state index in [1.165, 1.54) is 0 Å². The van der Waals surface area contributed by atoms with E-state index in [9.17, 15) is 4.79 Å². The van der Waals surface area contributed by atoms with E-state index < -0.39 is 0 Å². The van der Waals surface area contributed by atoms with Gasteiger partial charge < -0.3 is 10.5 Å². The van der Waals surface area contributed by atoms with E-state index in [4.69, 9.17) is 10.5 Å². The van der Waals surface area contributed by atoms with Gasteiger partial charge in [-0.3, -0.25) is 4.79 Å². The third-order valence-electron chi connectivity index (χ3n) is 2.41. The predicted molar refractivity (Wildman–Crippen MR) is 57.9 cm³/mol. The van der Waals surface area contributed by atoms with Crippen LogP contribution in [0.3, 0.4) is 0 Å². The molecule has 0 amide bonds. The summed E-state index contributed by atoms with van der Waals surface area (Å²) < 4.78 is 5.16. The van der Waals surface area contributed by atoms with E-state index in [0.717, 1.165) is 19.3 Å². The fraction of sp³-hybridized carbons (Fsp3) is 0.909. The average Bonchev–Trinajstić information content (AvgIpc) is 2.15. The van der Waals surface area contributed by atoms with E-state index >= 15 is 0 Å². The highest BCUT2D eigenvalue weighted by Gasteiger charge is 2.09. The largest absolute Gasteiger partial charge is 0.463 e. The van der Waals surface area contributed by atoms with Crippen LogP contribution in [-0.2, 0) is 9.53 Å². The number of carbonyl (C=O) groups excluding carboxylic acids is 1. The Morgan fingerprint density at radius 2 is 2.00 bits per heavy atom. The zero-order chi connectivity index (χ0) is 11.0. The number of ether oxygens (including phenoxy) is 1. The summed E-state index contributed by atoms with van der Waals surface area (Å²) in [5.74, 6) is 0.438. The topological polar surface area (TPSA) is 52.3 Å². The number of rotatable bonds is 7. The van der Waals surface area contributed by atoms with Crippen molar-refractivity contribution in [3.63, 3.8) is 0 Å². The second-order valence-electron chi connectivity index (χ2n) is 3.93. The molecule has 0 bridgehead atoms. The fourth-order valence-corrected chi connectivity index (χ4v) is 1.16. The van der Waals surface area contributed by atoms with Gasteiger partial charge in [-0.15, -0.1) is 0 Å². The summed E-state index contributed by atoms with van der Waals surface area (Å²) in [4.78, 5) is 11.3. The SMILES string of the molecule is CCC(C)OC(=O)CCC(C)CCN. The fourth-order valence-electron chi connectivity index (χ4n) is 1.16. The van der Waals surface area contributed by atoms with Crippen molar-refractivity contribution in [1.29, 1.82) is 0 Å². The first-order chi connectivity index (χ1) is 6.60. The number of hydrogen-bond donors (Lipinski definition) is 1. The lowest BCUT2D eigenvalue weighted by atomic mass is 10.0. The van der Waals surface area contributed by atoms with Gasteiger partial charge in [0.1, 0.15) is 0 Å². The van der Waals surface area contributed by atoms with Gasteiger partial charge in [0.15, 0.2) is 0 Å². The Balaban J connectivity index is 3.53. The maximum absolute atomic E-state index is 11.3. The van der Waals surface area contributed by atoms with Crippen LogP contribution in [0, 0.1) is 5.92 Å². The second-order valence-corrected chi connectivity index (χ2v) is 3.93. The van der Waals surface area contributed by atoms with Crippen molar-refractivity contribution in [2.75, 3.05) is 6.54 Å². The van der Waals surface area contributed by atoms with Gasteiger partial charge in [-0.1, -0.05) is 13.8 Å². The van der Waals surface area contributed by atoms with E-state index in [1.54, 1.807) is 0 Å². The monoisotopic (exact) mass is 201 g/mol. The highest BCUT2D eigenvalue weighted by Crippen LogP contribution is 2.10. The molecule has 2 atom stereocenters. The summed E-state index contributed by atoms with van der Waals surface area (Å²) in [6.45, 7) is 6.74. The van der Waals surface area contributed by atoms with Crippen molar-refractivity contribution < 1.29 is 9.53 Å². The molecule has 0 heterocycles. The molecule has 0 aromatic carbocycles. The van der Waals surface area contributed by atoms with Gasteiger partial charge in [-0.25, -0.2) is 0 Å². The molecule has 0 aromatic rings. The van der Waals surface area contributed by atoms with Crippen LogP contribution in [0.2, 0.25) is 0 Å². The van der Waals surface area contributed by atoms with Gasteiger partial charge in [0.25, 0.3) is 0 Å². The van der Waals surface area contributed by atoms with Crippen LogP contribution in [0.25, 0.3) is 0 Å². The van der Waals surface area contributed by atoms with Crippen LogP contribution < -0.4 is 5.73 Å². The lowest BCUT2D eigenvalue weighted by molar-refractivity contribution is -0.148. The molecule has 3 heteroatoms. The van der Waals surface area contributed by atoms with Crippen LogP contribution in [-0.4, -0.2) is 18.6 Å². The third-order valence-corrected chi connectivity index (χ3v) is 2.41. The molecular formula is C11H23NO2. The van der Waals surface area contributed by atoms with Crippen LogP contribution >= 0.6 is 0 Å². The minimum atomic E-state index is -0.0804. The minimum absolute atomic E-state index is 0.0484. The van der Waals surface area contributed by atoms with Gasteiger partial charge in [-0.05, 0) is 38.6 Å². The van der Waals surface area contributed by atoms with Crippen molar-refractivity contribution in [3.8, 4) is 0 Å². The number of esters is 1. The Kier molecular flexibility index (Phi) is 7.48. The van der Waals surface area contributed by atoms with Gasteiger partial charge in [0.2, 0.25) is 0 Å². The molecular weight excluding hydrogens is 178 g/mol. The molecule has 0 aliphatic heterocycles. The molecule has 0 aliphatic carbocycles. The quantitative estimate of drug-likeness (QED) is 0.642. The normalized spacial score (nSPS) is 14.9. The molecule has 0 saturated heterocycles. The van der Waals surface area contributed by atoms with Crippen molar-refractivity contribution in [2.24, 2.45) is 11.7 Å². The number of hydrogen-bond acceptors (Lipinski definition) is 3. The third kappa shape index (κ3) is 6.89. The molecule has 0 aliphatic rings. The Morgan fingerprint density at radius 3 is 2.50 bits per heavy atom. The van der Waals surface area contributed by atoms with Gasteiger partial charge in [0.05, 0.1) is 6.10 Å². The van der Waals surface area contributed by atoms with E-state index in [2.05, 4.69) is 6.92 Å². The lowest BCUT2D eigenvalue weighted by Gasteiger charge is -2.12. The summed E-state index contributed by atoms with van der Waals surface area (Å²) in [5.41, 5.74) is 5.42. The highest BCUT2D eigenvalue weighted by molar-refractivity contribution is 5.69. The first-order valence-corrected chi connectivity index (χ1v) is 5.49. The Hall–Kier alpha value is -0.570. The van der Waals surface area contributed by atoms with Gasteiger partial charge in [0, 0.05) is 6.42 Å². The molecule has 0 spiro atoms. The molecule has 3 nitrogen and oxygen atoms in total. The van der Waals surface area contributed by atoms with E-state index in [0.29, 0.717) is 18.9 Å². The second kappa shape index (κ2) is 7.80. The maximum atomic E-state index is 11.3. The summed E-state index contributed by atoms with van der Waals surface area (Å²) >= 11 is 0. The zero-order valence-corrected chi connectivity index (χ0v) is 9.58. The standard InChI is InChI=1S/C11H23NO2/c1-4-10(3)14-11(13)6-5-9(2)7-8-12/h9-10H,4-8,12H2,1-3H3. The van der Waals surface area contributed by atoms with E-state index in [1.807, 2.05) is 13.8 Å². The van der Waals surface area contributed by atoms with Crippen molar-refractivity contribution in [2.45, 2.75) is 52.6 Å². The number of carbonyl (C=O) groups is 1. The average molecular weight is 201 g/mol. The maximum Gasteiger partial charge on any atom is 0.306 e. The minimum Gasteiger partial charge on any atom is -0.463 e. The summed E-state index contributed by atoms with van der Waals surface area (Å²) in [6, 6.07) is 0. The molecule has 0 radical (unpaired) electrons. The first-order valence-electron chi connectivity index (χ1n) is 5.49. The molecule has 14 heavy (non-hydrogen) atoms. The molecule has 0 fully saturated rings. The summed E-state index contributed by atoms with van der Waals surface area (Å²) in [5, 5.41) is 0. The summed E-state index contributed by atoms with van der Waals surface area (Å²) in [6.07, 6.45) is 3.31. The van der Waals surface area contributed by atoms with Gasteiger partial charge >= 0.3 is 5.97 Å².